The number of hydrogen-bond donors (Lipinski definition) is 0. The van der Waals surface area contributed by atoms with Crippen LogP contribution in [0.25, 0.3) is 6.08 Å². The Kier molecular flexibility index (Phi) is 3.97. The summed E-state index contributed by atoms with van der Waals surface area (Å²) in [5.74, 6) is 0.875. The van der Waals surface area contributed by atoms with E-state index in [0.29, 0.717) is 13.2 Å². The predicted molar refractivity (Wildman–Crippen MR) is 62.3 cm³/mol. The molecule has 0 atom stereocenters. The van der Waals surface area contributed by atoms with Crippen molar-refractivity contribution in [2.45, 2.75) is 12.7 Å². The van der Waals surface area contributed by atoms with E-state index in [4.69, 9.17) is 14.2 Å². The van der Waals surface area contributed by atoms with E-state index in [1.165, 1.54) is 0 Å². The minimum atomic E-state index is -0.0606. The minimum Gasteiger partial charge on any atom is -0.497 e. The van der Waals surface area contributed by atoms with Crippen molar-refractivity contribution < 1.29 is 14.2 Å². The van der Waals surface area contributed by atoms with Gasteiger partial charge in [-0.05, 0) is 17.7 Å². The van der Waals surface area contributed by atoms with Gasteiger partial charge in [-0.1, -0.05) is 24.3 Å². The summed E-state index contributed by atoms with van der Waals surface area (Å²) in [7, 11) is 1.67. The zero-order valence-electron chi connectivity index (χ0n) is 9.39. The monoisotopic (exact) mass is 220 g/mol. The molecule has 1 saturated heterocycles. The van der Waals surface area contributed by atoms with Gasteiger partial charge in [-0.25, -0.2) is 0 Å². The molecular formula is C13H16O3. The summed E-state index contributed by atoms with van der Waals surface area (Å²) >= 11 is 0. The molecule has 0 unspecified atom stereocenters. The highest BCUT2D eigenvalue weighted by molar-refractivity contribution is 5.50. The normalized spacial score (nSPS) is 17.1. The smallest absolute Gasteiger partial charge is 0.161 e. The third kappa shape index (κ3) is 3.08. The molecule has 1 aliphatic heterocycles. The van der Waals surface area contributed by atoms with Gasteiger partial charge in [-0.15, -0.1) is 0 Å². The van der Waals surface area contributed by atoms with Gasteiger partial charge in [0.1, 0.15) is 5.75 Å². The first-order chi connectivity index (χ1) is 7.88. The van der Waals surface area contributed by atoms with E-state index in [2.05, 4.69) is 12.2 Å². The van der Waals surface area contributed by atoms with Crippen molar-refractivity contribution in [2.75, 3.05) is 20.3 Å². The maximum Gasteiger partial charge on any atom is 0.161 e. The Labute approximate surface area is 95.6 Å². The molecule has 3 heteroatoms. The van der Waals surface area contributed by atoms with E-state index in [1.807, 2.05) is 24.3 Å². The molecule has 1 heterocycles. The van der Waals surface area contributed by atoms with Gasteiger partial charge in [-0.2, -0.15) is 0 Å². The van der Waals surface area contributed by atoms with Gasteiger partial charge in [0.2, 0.25) is 0 Å². The topological polar surface area (TPSA) is 27.7 Å². The van der Waals surface area contributed by atoms with Crippen molar-refractivity contribution in [3.05, 3.63) is 35.9 Å². The van der Waals surface area contributed by atoms with Gasteiger partial charge in [0.15, 0.2) is 6.29 Å². The van der Waals surface area contributed by atoms with Gasteiger partial charge in [-0.3, -0.25) is 0 Å². The number of methoxy groups -OCH3 is 1. The molecule has 1 aromatic carbocycles. The van der Waals surface area contributed by atoms with Crippen molar-refractivity contribution in [1.82, 2.24) is 0 Å². The van der Waals surface area contributed by atoms with E-state index in [9.17, 15) is 0 Å². The van der Waals surface area contributed by atoms with Gasteiger partial charge in [0.25, 0.3) is 0 Å². The van der Waals surface area contributed by atoms with Crippen molar-refractivity contribution in [3.8, 4) is 5.75 Å². The molecule has 1 aliphatic rings. The molecule has 3 nitrogen and oxygen atoms in total. The van der Waals surface area contributed by atoms with E-state index >= 15 is 0 Å². The van der Waals surface area contributed by atoms with Crippen LogP contribution in [0, 0.1) is 0 Å². The molecule has 0 spiro atoms. The number of benzene rings is 1. The summed E-state index contributed by atoms with van der Waals surface area (Å²) in [6.45, 7) is 1.42. The average Bonchev–Trinajstić information content (AvgIpc) is 2.83. The van der Waals surface area contributed by atoms with E-state index < -0.39 is 0 Å². The summed E-state index contributed by atoms with van der Waals surface area (Å²) in [4.78, 5) is 0. The van der Waals surface area contributed by atoms with Crippen LogP contribution < -0.4 is 4.74 Å². The molecule has 0 radical (unpaired) electrons. The van der Waals surface area contributed by atoms with E-state index in [-0.39, 0.29) is 6.29 Å². The average molecular weight is 220 g/mol. The van der Waals surface area contributed by atoms with Crippen LogP contribution >= 0.6 is 0 Å². The molecule has 0 amide bonds. The quantitative estimate of drug-likeness (QED) is 0.780. The molecule has 1 aromatic rings. The van der Waals surface area contributed by atoms with Gasteiger partial charge in [0, 0.05) is 6.42 Å². The Morgan fingerprint density at radius 1 is 1.25 bits per heavy atom. The van der Waals surface area contributed by atoms with Crippen molar-refractivity contribution in [2.24, 2.45) is 0 Å². The highest BCUT2D eigenvalue weighted by Gasteiger charge is 2.13. The fraction of sp³-hybridized carbons (Fsp3) is 0.385. The molecule has 0 bridgehead atoms. The van der Waals surface area contributed by atoms with Crippen LogP contribution in [0.2, 0.25) is 0 Å². The molecule has 0 N–H and O–H groups in total. The molecule has 86 valence electrons. The Morgan fingerprint density at radius 2 is 1.94 bits per heavy atom. The van der Waals surface area contributed by atoms with Gasteiger partial charge in [0.05, 0.1) is 20.3 Å². The third-order valence-electron chi connectivity index (χ3n) is 2.45. The van der Waals surface area contributed by atoms with Crippen molar-refractivity contribution in [3.63, 3.8) is 0 Å². The van der Waals surface area contributed by atoms with E-state index in [0.717, 1.165) is 17.7 Å². The largest absolute Gasteiger partial charge is 0.497 e. The predicted octanol–water partition coefficient (Wildman–Crippen LogP) is 2.47. The second-order valence-corrected chi connectivity index (χ2v) is 3.58. The SMILES string of the molecule is COc1ccc(C=CCC2OCCO2)cc1. The lowest BCUT2D eigenvalue weighted by Crippen LogP contribution is -2.04. The Balaban J connectivity index is 1.84. The van der Waals surface area contributed by atoms with Crippen molar-refractivity contribution >= 4 is 6.08 Å². The van der Waals surface area contributed by atoms with Crippen LogP contribution in [0.4, 0.5) is 0 Å². The number of ether oxygens (including phenoxy) is 3. The molecule has 0 saturated carbocycles. The summed E-state index contributed by atoms with van der Waals surface area (Å²) < 4.78 is 15.8. The van der Waals surface area contributed by atoms with E-state index in [1.54, 1.807) is 7.11 Å². The van der Waals surface area contributed by atoms with Gasteiger partial charge >= 0.3 is 0 Å². The van der Waals surface area contributed by atoms with Crippen molar-refractivity contribution in [1.29, 1.82) is 0 Å². The lowest BCUT2D eigenvalue weighted by Gasteiger charge is -2.04. The van der Waals surface area contributed by atoms with Gasteiger partial charge < -0.3 is 14.2 Å². The lowest BCUT2D eigenvalue weighted by molar-refractivity contribution is -0.0379. The molecule has 0 aliphatic carbocycles. The molecule has 2 rings (SSSR count). The first kappa shape index (κ1) is 11.2. The maximum absolute atomic E-state index is 5.33. The highest BCUT2D eigenvalue weighted by Crippen LogP contribution is 2.14. The van der Waals surface area contributed by atoms with Crippen LogP contribution in [-0.2, 0) is 9.47 Å². The fourth-order valence-corrected chi connectivity index (χ4v) is 1.57. The first-order valence-corrected chi connectivity index (χ1v) is 5.42. The molecule has 16 heavy (non-hydrogen) atoms. The highest BCUT2D eigenvalue weighted by atomic mass is 16.7. The fourth-order valence-electron chi connectivity index (χ4n) is 1.57. The summed E-state index contributed by atoms with van der Waals surface area (Å²) in [6.07, 6.45) is 4.86. The summed E-state index contributed by atoms with van der Waals surface area (Å²) in [5, 5.41) is 0. The molecule has 1 fully saturated rings. The zero-order valence-corrected chi connectivity index (χ0v) is 9.39. The molecular weight excluding hydrogens is 204 g/mol. The van der Waals surface area contributed by atoms with Crippen LogP contribution in [0.5, 0.6) is 5.75 Å². The maximum atomic E-state index is 5.33. The second-order valence-electron chi connectivity index (χ2n) is 3.58. The second kappa shape index (κ2) is 5.68. The van der Waals surface area contributed by atoms with Crippen LogP contribution in [0.1, 0.15) is 12.0 Å². The standard InChI is InChI=1S/C13H16O3/c1-14-12-7-5-11(6-8-12)3-2-4-13-15-9-10-16-13/h2-3,5-8,13H,4,9-10H2,1H3. The number of hydrogen-bond acceptors (Lipinski definition) is 3. The Hall–Kier alpha value is -1.32. The Bertz CT molecular complexity index is 337. The van der Waals surface area contributed by atoms with Crippen LogP contribution in [0.15, 0.2) is 30.3 Å². The summed E-state index contributed by atoms with van der Waals surface area (Å²) in [6, 6.07) is 7.93. The van der Waals surface area contributed by atoms with Crippen LogP contribution in [0.3, 0.4) is 0 Å². The number of rotatable bonds is 4. The minimum absolute atomic E-state index is 0.0606. The van der Waals surface area contributed by atoms with Crippen LogP contribution in [-0.4, -0.2) is 26.6 Å². The summed E-state index contributed by atoms with van der Waals surface area (Å²) in [5.41, 5.74) is 1.15. The zero-order chi connectivity index (χ0) is 11.2. The molecule has 0 aromatic heterocycles. The Morgan fingerprint density at radius 3 is 2.56 bits per heavy atom. The first-order valence-electron chi connectivity index (χ1n) is 5.42. The lowest BCUT2D eigenvalue weighted by atomic mass is 10.2. The third-order valence-corrected chi connectivity index (χ3v) is 2.45.